The van der Waals surface area contributed by atoms with Crippen LogP contribution in [0, 0.1) is 6.92 Å². The molecule has 0 atom stereocenters. The normalized spacial score (nSPS) is 10.4. The summed E-state index contributed by atoms with van der Waals surface area (Å²) in [6, 6.07) is 10.5. The van der Waals surface area contributed by atoms with Crippen LogP contribution >= 0.6 is 11.3 Å². The Kier molecular flexibility index (Phi) is 4.39. The molecule has 122 valence electrons. The highest BCUT2D eigenvalue weighted by Gasteiger charge is 2.21. The Morgan fingerprint density at radius 3 is 2.62 bits per heavy atom. The molecule has 0 unspecified atom stereocenters. The summed E-state index contributed by atoms with van der Waals surface area (Å²) >= 11 is 1.37. The van der Waals surface area contributed by atoms with Crippen LogP contribution in [0.15, 0.2) is 42.6 Å². The number of carbonyl (C=O) groups excluding carboxylic acids is 2. The molecular weight excluding hydrogens is 328 g/mol. The van der Waals surface area contributed by atoms with Gasteiger partial charge in [-0.1, -0.05) is 18.2 Å². The van der Waals surface area contributed by atoms with Gasteiger partial charge >= 0.3 is 5.97 Å². The molecule has 3 aromatic rings. The van der Waals surface area contributed by atoms with Crippen LogP contribution in [0.4, 0.5) is 5.13 Å². The Hall–Kier alpha value is -3.00. The van der Waals surface area contributed by atoms with E-state index in [-0.39, 0.29) is 11.4 Å². The van der Waals surface area contributed by atoms with Crippen LogP contribution in [-0.4, -0.2) is 33.8 Å². The van der Waals surface area contributed by atoms with Crippen molar-refractivity contribution in [3.63, 3.8) is 0 Å². The number of hydrogen-bond acceptors (Lipinski definition) is 6. The summed E-state index contributed by atoms with van der Waals surface area (Å²) in [4.78, 5) is 29.4. The maximum atomic E-state index is 12.6. The number of nitrogens with one attached hydrogen (secondary N) is 1. The standard InChI is InChI=1S/C16H14N4O3S/c1-10-9-17-16(24-10)18-14(21)13-8-12(15(22)23-2)19-20(13)11-6-4-3-5-7-11/h3-9H,1-2H3,(H,17,18,21). The molecule has 2 aromatic heterocycles. The van der Waals surface area contributed by atoms with Gasteiger partial charge in [-0.05, 0) is 19.1 Å². The van der Waals surface area contributed by atoms with Crippen LogP contribution in [0.25, 0.3) is 5.69 Å². The fourth-order valence-electron chi connectivity index (χ4n) is 2.09. The monoisotopic (exact) mass is 342 g/mol. The number of benzene rings is 1. The summed E-state index contributed by atoms with van der Waals surface area (Å²) in [5, 5.41) is 7.38. The second-order valence-corrected chi connectivity index (χ2v) is 6.12. The lowest BCUT2D eigenvalue weighted by Crippen LogP contribution is -2.16. The van der Waals surface area contributed by atoms with E-state index in [4.69, 9.17) is 0 Å². The number of aryl methyl sites for hydroxylation is 1. The number of para-hydroxylation sites is 1. The SMILES string of the molecule is COC(=O)c1cc(C(=O)Nc2ncc(C)s2)n(-c2ccccc2)n1. The summed E-state index contributed by atoms with van der Waals surface area (Å²) in [5.74, 6) is -1.01. The molecule has 1 N–H and O–H groups in total. The van der Waals surface area contributed by atoms with E-state index < -0.39 is 11.9 Å². The lowest BCUT2D eigenvalue weighted by Gasteiger charge is -2.06. The first-order chi connectivity index (χ1) is 11.6. The molecule has 0 radical (unpaired) electrons. The number of methoxy groups -OCH3 is 1. The molecule has 24 heavy (non-hydrogen) atoms. The van der Waals surface area contributed by atoms with E-state index in [2.05, 4.69) is 20.1 Å². The molecule has 0 aliphatic heterocycles. The maximum absolute atomic E-state index is 12.6. The third-order valence-corrected chi connectivity index (χ3v) is 4.01. The highest BCUT2D eigenvalue weighted by atomic mass is 32.1. The maximum Gasteiger partial charge on any atom is 0.358 e. The number of esters is 1. The third-order valence-electron chi connectivity index (χ3n) is 3.18. The zero-order valence-electron chi connectivity index (χ0n) is 13.0. The number of amides is 1. The van der Waals surface area contributed by atoms with Crippen molar-refractivity contribution in [1.29, 1.82) is 0 Å². The van der Waals surface area contributed by atoms with Gasteiger partial charge in [0.05, 0.1) is 12.8 Å². The number of carbonyl (C=O) groups is 2. The molecular formula is C16H14N4O3S. The van der Waals surface area contributed by atoms with E-state index in [9.17, 15) is 9.59 Å². The van der Waals surface area contributed by atoms with Crippen molar-refractivity contribution in [2.24, 2.45) is 0 Å². The van der Waals surface area contributed by atoms with Gasteiger partial charge in [-0.25, -0.2) is 14.5 Å². The zero-order valence-corrected chi connectivity index (χ0v) is 13.8. The smallest absolute Gasteiger partial charge is 0.358 e. The summed E-state index contributed by atoms with van der Waals surface area (Å²) < 4.78 is 6.09. The predicted molar refractivity (Wildman–Crippen MR) is 89.7 cm³/mol. The van der Waals surface area contributed by atoms with Gasteiger partial charge in [0.2, 0.25) is 0 Å². The average Bonchev–Trinajstić information content (AvgIpc) is 3.21. The fraction of sp³-hybridized carbons (Fsp3) is 0.125. The summed E-state index contributed by atoms with van der Waals surface area (Å²) in [6.07, 6.45) is 1.68. The summed E-state index contributed by atoms with van der Waals surface area (Å²) in [5.41, 5.74) is 0.935. The van der Waals surface area contributed by atoms with Crippen molar-refractivity contribution in [2.45, 2.75) is 6.92 Å². The van der Waals surface area contributed by atoms with Crippen LogP contribution < -0.4 is 5.32 Å². The minimum absolute atomic E-state index is 0.0572. The molecule has 8 heteroatoms. The second-order valence-electron chi connectivity index (χ2n) is 4.88. The Morgan fingerprint density at radius 2 is 2.00 bits per heavy atom. The molecule has 0 fully saturated rings. The number of anilines is 1. The Balaban J connectivity index is 2.00. The van der Waals surface area contributed by atoms with Gasteiger partial charge in [-0.15, -0.1) is 11.3 Å². The van der Waals surface area contributed by atoms with Crippen LogP contribution in [0.1, 0.15) is 25.9 Å². The molecule has 1 aromatic carbocycles. The van der Waals surface area contributed by atoms with Gasteiger partial charge in [-0.2, -0.15) is 5.10 Å². The molecule has 0 spiro atoms. The molecule has 0 aliphatic carbocycles. The zero-order chi connectivity index (χ0) is 17.1. The average molecular weight is 342 g/mol. The number of nitrogens with zero attached hydrogens (tertiary/aromatic N) is 3. The number of hydrogen-bond donors (Lipinski definition) is 1. The summed E-state index contributed by atoms with van der Waals surface area (Å²) in [6.45, 7) is 1.90. The van der Waals surface area contributed by atoms with Crippen molar-refractivity contribution >= 4 is 28.3 Å². The topological polar surface area (TPSA) is 86.1 Å². The van der Waals surface area contributed by atoms with Crippen LogP contribution in [0.5, 0.6) is 0 Å². The van der Waals surface area contributed by atoms with E-state index in [0.29, 0.717) is 10.8 Å². The number of rotatable bonds is 4. The van der Waals surface area contributed by atoms with E-state index in [1.165, 1.54) is 29.2 Å². The highest BCUT2D eigenvalue weighted by molar-refractivity contribution is 7.15. The third kappa shape index (κ3) is 3.18. The number of thiazole rings is 1. The van der Waals surface area contributed by atoms with Gasteiger partial charge in [-0.3, -0.25) is 10.1 Å². The van der Waals surface area contributed by atoms with Gasteiger partial charge in [0, 0.05) is 17.1 Å². The second kappa shape index (κ2) is 6.63. The minimum Gasteiger partial charge on any atom is -0.464 e. The lowest BCUT2D eigenvalue weighted by atomic mass is 10.3. The molecule has 0 saturated carbocycles. The quantitative estimate of drug-likeness (QED) is 0.737. The van der Waals surface area contributed by atoms with Gasteiger partial charge < -0.3 is 4.74 Å². The van der Waals surface area contributed by atoms with Crippen molar-refractivity contribution in [1.82, 2.24) is 14.8 Å². The molecule has 0 bridgehead atoms. The van der Waals surface area contributed by atoms with Gasteiger partial charge in [0.1, 0.15) is 5.69 Å². The van der Waals surface area contributed by atoms with E-state index in [1.807, 2.05) is 25.1 Å². The largest absolute Gasteiger partial charge is 0.464 e. The summed E-state index contributed by atoms with van der Waals surface area (Å²) in [7, 11) is 1.27. The fourth-order valence-corrected chi connectivity index (χ4v) is 2.75. The van der Waals surface area contributed by atoms with Crippen molar-refractivity contribution in [2.75, 3.05) is 12.4 Å². The molecule has 0 aliphatic rings. The van der Waals surface area contributed by atoms with E-state index in [1.54, 1.807) is 18.3 Å². The van der Waals surface area contributed by atoms with Crippen LogP contribution in [-0.2, 0) is 4.74 Å². The van der Waals surface area contributed by atoms with Gasteiger partial charge in [0.25, 0.3) is 5.91 Å². The Bertz CT molecular complexity index is 886. The van der Waals surface area contributed by atoms with Crippen LogP contribution in [0.2, 0.25) is 0 Å². The molecule has 1 amide bonds. The Morgan fingerprint density at radius 1 is 1.25 bits per heavy atom. The van der Waals surface area contributed by atoms with Gasteiger partial charge in [0.15, 0.2) is 10.8 Å². The first-order valence-corrected chi connectivity index (χ1v) is 7.87. The van der Waals surface area contributed by atoms with Crippen molar-refractivity contribution in [3.05, 3.63) is 58.9 Å². The molecule has 7 nitrogen and oxygen atoms in total. The number of ether oxygens (including phenoxy) is 1. The first kappa shape index (κ1) is 15.9. The molecule has 2 heterocycles. The number of aromatic nitrogens is 3. The predicted octanol–water partition coefficient (Wildman–Crippen LogP) is 2.68. The van der Waals surface area contributed by atoms with Crippen molar-refractivity contribution < 1.29 is 14.3 Å². The Labute approximate surface area is 141 Å². The molecule has 0 saturated heterocycles. The first-order valence-electron chi connectivity index (χ1n) is 7.06. The highest BCUT2D eigenvalue weighted by Crippen LogP contribution is 2.19. The van der Waals surface area contributed by atoms with E-state index in [0.717, 1.165) is 4.88 Å². The van der Waals surface area contributed by atoms with Crippen LogP contribution in [0.3, 0.4) is 0 Å². The van der Waals surface area contributed by atoms with E-state index >= 15 is 0 Å². The molecule has 3 rings (SSSR count). The minimum atomic E-state index is -0.608. The van der Waals surface area contributed by atoms with Crippen molar-refractivity contribution in [3.8, 4) is 5.69 Å². The lowest BCUT2D eigenvalue weighted by molar-refractivity contribution is 0.0593.